The van der Waals surface area contributed by atoms with Crippen LogP contribution in [0.5, 0.6) is 11.5 Å². The fourth-order valence-corrected chi connectivity index (χ4v) is 6.89. The summed E-state index contributed by atoms with van der Waals surface area (Å²) in [7, 11) is -1.04. The zero-order valence-corrected chi connectivity index (χ0v) is 32.8. The number of aryl methyl sites for hydroxylation is 6. The number of hydrogen-bond donors (Lipinski definition) is 2. The molecule has 0 fully saturated rings. The first kappa shape index (κ1) is 41.0. The van der Waals surface area contributed by atoms with Crippen molar-refractivity contribution in [3.05, 3.63) is 94.0 Å². The molecule has 0 saturated carbocycles. The number of benzene rings is 4. The Morgan fingerprint density at radius 3 is 1.79 bits per heavy atom. The zero-order valence-electron chi connectivity index (χ0n) is 30.8. The number of rotatable bonds is 13. The van der Waals surface area contributed by atoms with Gasteiger partial charge in [0.1, 0.15) is 0 Å². The number of hydrogen-bond acceptors (Lipinski definition) is 4. The van der Waals surface area contributed by atoms with Crippen LogP contribution in [0.4, 0.5) is 11.4 Å². The Kier molecular flexibility index (Phi) is 16.8. The molecular formula is C42H58N2NiO2Si. The molecule has 4 aromatic carbocycles. The number of aliphatic imine (C=N–C) groups is 2. The summed E-state index contributed by atoms with van der Waals surface area (Å²) in [6.07, 6.45) is 10.6. The molecule has 0 unspecified atom stereocenters. The molecular weight excluding hydrogens is 651 g/mol. The first-order chi connectivity index (χ1) is 22.4. The third kappa shape index (κ3) is 12.0. The molecule has 262 valence electrons. The molecule has 0 spiro atoms. The molecule has 0 aliphatic rings. The van der Waals surface area contributed by atoms with Gasteiger partial charge in [0, 0.05) is 30.8 Å². The molecule has 4 nitrogen and oxygen atoms in total. The van der Waals surface area contributed by atoms with Crippen molar-refractivity contribution in [2.45, 2.75) is 119 Å². The summed E-state index contributed by atoms with van der Waals surface area (Å²) < 4.78 is 0. The Bertz CT molecular complexity index is 1690. The first-order valence-electron chi connectivity index (χ1n) is 17.7. The molecule has 4 rings (SSSR count). The van der Waals surface area contributed by atoms with E-state index >= 15 is 0 Å². The second-order valence-corrected chi connectivity index (χ2v) is 19.4. The van der Waals surface area contributed by atoms with Crippen LogP contribution in [0.15, 0.2) is 70.6 Å². The first-order valence-corrected chi connectivity index (χ1v) is 21.4. The van der Waals surface area contributed by atoms with Gasteiger partial charge in [-0.1, -0.05) is 91.0 Å². The zero-order chi connectivity index (χ0) is 34.6. The van der Waals surface area contributed by atoms with Crippen molar-refractivity contribution >= 4 is 42.1 Å². The number of phenolic OH excluding ortho intramolecular Hbond substituents is 2. The van der Waals surface area contributed by atoms with Gasteiger partial charge in [-0.3, -0.25) is 9.98 Å². The molecule has 6 heteroatoms. The number of nitrogens with zero attached hydrogens (tertiary/aromatic N) is 2. The van der Waals surface area contributed by atoms with Gasteiger partial charge in [0.15, 0.2) is 11.5 Å². The molecule has 2 N–H and O–H groups in total. The van der Waals surface area contributed by atoms with Gasteiger partial charge in [0.2, 0.25) is 0 Å². The second-order valence-electron chi connectivity index (χ2n) is 13.8. The van der Waals surface area contributed by atoms with E-state index in [2.05, 4.69) is 104 Å². The van der Waals surface area contributed by atoms with E-state index in [0.29, 0.717) is 0 Å². The third-order valence-corrected chi connectivity index (χ3v) is 10.7. The average Bonchev–Trinajstić information content (AvgIpc) is 3.06. The number of unbranched alkanes of at least 4 members (excludes halogenated alkanes) is 1. The van der Waals surface area contributed by atoms with Gasteiger partial charge in [-0.2, -0.15) is 0 Å². The summed E-state index contributed by atoms with van der Waals surface area (Å²) in [5.41, 5.74) is 11.3. The van der Waals surface area contributed by atoms with E-state index in [0.717, 1.165) is 79.2 Å². The van der Waals surface area contributed by atoms with Crippen molar-refractivity contribution in [1.29, 1.82) is 0 Å². The predicted octanol–water partition coefficient (Wildman–Crippen LogP) is 12.0. The van der Waals surface area contributed by atoms with Gasteiger partial charge in [0.25, 0.3) is 0 Å². The van der Waals surface area contributed by atoms with Gasteiger partial charge in [0.05, 0.1) is 17.1 Å². The molecule has 0 heterocycles. The molecule has 0 amide bonds. The Morgan fingerprint density at radius 2 is 1.23 bits per heavy atom. The minimum atomic E-state index is -1.04. The summed E-state index contributed by atoms with van der Waals surface area (Å²) in [5, 5.41) is 21.2. The molecule has 0 bridgehead atoms. The molecule has 48 heavy (non-hydrogen) atoms. The van der Waals surface area contributed by atoms with E-state index in [1.165, 1.54) is 39.4 Å². The van der Waals surface area contributed by atoms with Crippen LogP contribution >= 0.6 is 0 Å². The van der Waals surface area contributed by atoms with Gasteiger partial charge >= 0.3 is 0 Å². The van der Waals surface area contributed by atoms with Crippen LogP contribution in [0.1, 0.15) is 87.3 Å². The van der Waals surface area contributed by atoms with Crippen molar-refractivity contribution in [2.24, 2.45) is 9.98 Å². The second kappa shape index (κ2) is 19.7. The smallest absolute Gasteiger partial charge is 0.158 e. The maximum absolute atomic E-state index is 9.65. The third-order valence-electron chi connectivity index (χ3n) is 8.97. The molecule has 0 aliphatic heterocycles. The summed E-state index contributed by atoms with van der Waals surface area (Å²) in [6.45, 7) is 20.3. The summed E-state index contributed by atoms with van der Waals surface area (Å²) in [4.78, 5) is 9.70. The molecule has 0 saturated heterocycles. The molecule has 4 aromatic rings. The van der Waals surface area contributed by atoms with Crippen LogP contribution in [0.3, 0.4) is 0 Å². The number of phenols is 2. The van der Waals surface area contributed by atoms with E-state index < -0.39 is 8.07 Å². The van der Waals surface area contributed by atoms with Gasteiger partial charge in [-0.05, 0) is 132 Å². The van der Waals surface area contributed by atoms with Crippen LogP contribution in [-0.2, 0) is 48.6 Å². The van der Waals surface area contributed by atoms with Crippen LogP contribution in [-0.4, -0.2) is 30.2 Å². The van der Waals surface area contributed by atoms with Crippen LogP contribution in [0.25, 0.3) is 10.8 Å². The van der Waals surface area contributed by atoms with Crippen molar-refractivity contribution in [1.82, 2.24) is 0 Å². The molecule has 0 radical (unpaired) electrons. The Hall–Kier alpha value is -3.21. The van der Waals surface area contributed by atoms with Crippen LogP contribution in [0, 0.1) is 6.92 Å². The topological polar surface area (TPSA) is 65.2 Å². The number of fused-ring (bicyclic) bond motifs is 1. The fraction of sp³-hybridized carbons (Fsp3) is 0.429. The van der Waals surface area contributed by atoms with Gasteiger partial charge < -0.3 is 10.2 Å². The average molecular weight is 710 g/mol. The maximum Gasteiger partial charge on any atom is 0.158 e. The van der Waals surface area contributed by atoms with Crippen molar-refractivity contribution in [2.75, 3.05) is 0 Å². The Morgan fingerprint density at radius 1 is 0.688 bits per heavy atom. The van der Waals surface area contributed by atoms with Crippen LogP contribution in [0.2, 0.25) is 25.7 Å². The van der Waals surface area contributed by atoms with Gasteiger partial charge in [-0.15, -0.1) is 0 Å². The SMILES string of the molecule is CCCCC(C=Nc1ccc(CC)c(CC)c1)=Nc1ccc(CC)c(CC)c1.Cc1c(CC[Si](C)(C)C)ccc2cc(O)c(O)cc12.[Ni]. The quantitative estimate of drug-likeness (QED) is 0.0824. The van der Waals surface area contributed by atoms with E-state index in [1.54, 1.807) is 12.1 Å². The monoisotopic (exact) mass is 708 g/mol. The normalized spacial score (nSPS) is 11.8. The van der Waals surface area contributed by atoms with E-state index in [1.807, 2.05) is 12.3 Å². The summed E-state index contributed by atoms with van der Waals surface area (Å²) in [6, 6.07) is 21.9. The van der Waals surface area contributed by atoms with Crippen molar-refractivity contribution in [3.8, 4) is 11.5 Å². The minimum Gasteiger partial charge on any atom is -0.504 e. The van der Waals surface area contributed by atoms with Crippen molar-refractivity contribution < 1.29 is 26.7 Å². The van der Waals surface area contributed by atoms with Gasteiger partial charge in [-0.25, -0.2) is 0 Å². The predicted molar refractivity (Wildman–Crippen MR) is 209 cm³/mol. The van der Waals surface area contributed by atoms with Crippen LogP contribution < -0.4 is 0 Å². The standard InChI is InChI=1S/C26H36N2.C16H22O2Si.Ni/c1-6-11-12-26(28-25-16-14-21(8-3)23(10-5)18-25)19-27-24-15-13-20(7-2)22(9-4)17-24;1-11-12(7-8-19(2,3)4)5-6-13-9-15(17)16(18)10-14(11)13;/h13-19H,6-12H2,1-5H3;5-6,9-10,17-18H,7-8H2,1-4H3;. The number of aromatic hydroxyl groups is 2. The largest absolute Gasteiger partial charge is 0.504 e. The molecule has 0 aliphatic carbocycles. The fourth-order valence-electron chi connectivity index (χ4n) is 5.87. The summed E-state index contributed by atoms with van der Waals surface area (Å²) >= 11 is 0. The Labute approximate surface area is 301 Å². The minimum absolute atomic E-state index is 0. The van der Waals surface area contributed by atoms with E-state index in [-0.39, 0.29) is 28.0 Å². The molecule has 0 aromatic heterocycles. The van der Waals surface area contributed by atoms with Crippen molar-refractivity contribution in [3.63, 3.8) is 0 Å². The van der Waals surface area contributed by atoms with E-state index in [4.69, 9.17) is 9.98 Å². The maximum atomic E-state index is 9.65. The molecule has 0 atom stereocenters. The summed E-state index contributed by atoms with van der Waals surface area (Å²) in [5.74, 6) is -0.0975. The van der Waals surface area contributed by atoms with E-state index in [9.17, 15) is 10.2 Å². The Balaban J connectivity index is 0.000000349.